The molecule has 3 rings (SSSR count). The second-order valence-electron chi connectivity index (χ2n) is 6.70. The zero-order valence-corrected chi connectivity index (χ0v) is 15.1. The van der Waals surface area contributed by atoms with Gasteiger partial charge in [0.25, 0.3) is 5.69 Å². The molecule has 0 radical (unpaired) electrons. The molecule has 0 bridgehead atoms. The van der Waals surface area contributed by atoms with Gasteiger partial charge in [-0.05, 0) is 60.8 Å². The first-order chi connectivity index (χ1) is 13.1. The topological polar surface area (TPSA) is 75.5 Å². The first-order valence-corrected chi connectivity index (χ1v) is 9.11. The average Bonchev–Trinajstić information content (AvgIpc) is 3.19. The van der Waals surface area contributed by atoms with Crippen molar-refractivity contribution in [2.45, 2.75) is 25.9 Å². The first kappa shape index (κ1) is 18.8. The SMILES string of the molecule is O=C(/C=C/c1ccc([N+](=O)[O-])cc1)NCc1ccc(CN2CCCC2)cc1. The summed E-state index contributed by atoms with van der Waals surface area (Å²) in [5.74, 6) is -0.200. The van der Waals surface area contributed by atoms with Crippen molar-refractivity contribution in [3.8, 4) is 0 Å². The van der Waals surface area contributed by atoms with Crippen molar-refractivity contribution < 1.29 is 9.72 Å². The van der Waals surface area contributed by atoms with E-state index in [0.717, 1.165) is 17.7 Å². The highest BCUT2D eigenvalue weighted by atomic mass is 16.6. The number of nitro groups is 1. The van der Waals surface area contributed by atoms with Crippen LogP contribution in [0.25, 0.3) is 6.08 Å². The van der Waals surface area contributed by atoms with Gasteiger partial charge in [0.05, 0.1) is 4.92 Å². The van der Waals surface area contributed by atoms with E-state index in [9.17, 15) is 14.9 Å². The molecule has 0 spiro atoms. The Morgan fingerprint density at radius 1 is 1.04 bits per heavy atom. The van der Waals surface area contributed by atoms with Crippen molar-refractivity contribution in [3.05, 3.63) is 81.4 Å². The van der Waals surface area contributed by atoms with Gasteiger partial charge in [-0.2, -0.15) is 0 Å². The van der Waals surface area contributed by atoms with E-state index in [4.69, 9.17) is 0 Å². The molecule has 1 N–H and O–H groups in total. The fraction of sp³-hybridized carbons (Fsp3) is 0.286. The summed E-state index contributed by atoms with van der Waals surface area (Å²) in [5, 5.41) is 13.5. The summed E-state index contributed by atoms with van der Waals surface area (Å²) in [6.45, 7) is 3.82. The summed E-state index contributed by atoms with van der Waals surface area (Å²) >= 11 is 0. The number of nitro benzene ring substituents is 1. The van der Waals surface area contributed by atoms with Crippen LogP contribution in [0.5, 0.6) is 0 Å². The van der Waals surface area contributed by atoms with Crippen molar-refractivity contribution in [3.63, 3.8) is 0 Å². The highest BCUT2D eigenvalue weighted by molar-refractivity contribution is 5.91. The maximum Gasteiger partial charge on any atom is 0.269 e. The van der Waals surface area contributed by atoms with E-state index in [1.807, 2.05) is 12.1 Å². The monoisotopic (exact) mass is 365 g/mol. The number of hydrogen-bond donors (Lipinski definition) is 1. The highest BCUT2D eigenvalue weighted by Gasteiger charge is 2.11. The third kappa shape index (κ3) is 5.76. The zero-order chi connectivity index (χ0) is 19.1. The second-order valence-corrected chi connectivity index (χ2v) is 6.70. The van der Waals surface area contributed by atoms with Crippen LogP contribution in [0.2, 0.25) is 0 Å². The smallest absolute Gasteiger partial charge is 0.269 e. The molecule has 1 amide bonds. The van der Waals surface area contributed by atoms with Gasteiger partial charge < -0.3 is 5.32 Å². The maximum atomic E-state index is 11.9. The molecule has 2 aromatic rings. The molecule has 1 aliphatic rings. The van der Waals surface area contributed by atoms with Crippen LogP contribution in [0, 0.1) is 10.1 Å². The normalized spacial score (nSPS) is 14.5. The Balaban J connectivity index is 1.46. The van der Waals surface area contributed by atoms with Crippen molar-refractivity contribution in [2.75, 3.05) is 13.1 Å². The summed E-state index contributed by atoms with van der Waals surface area (Å²) < 4.78 is 0. The predicted octanol–water partition coefficient (Wildman–Crippen LogP) is 3.52. The lowest BCUT2D eigenvalue weighted by Gasteiger charge is -2.14. The lowest BCUT2D eigenvalue weighted by molar-refractivity contribution is -0.384. The van der Waals surface area contributed by atoms with Gasteiger partial charge in [0.1, 0.15) is 0 Å². The number of benzene rings is 2. The number of non-ortho nitro benzene ring substituents is 1. The van der Waals surface area contributed by atoms with Gasteiger partial charge in [-0.25, -0.2) is 0 Å². The van der Waals surface area contributed by atoms with Gasteiger partial charge in [0, 0.05) is 31.3 Å². The minimum atomic E-state index is -0.448. The highest BCUT2D eigenvalue weighted by Crippen LogP contribution is 2.14. The van der Waals surface area contributed by atoms with Crippen LogP contribution in [0.4, 0.5) is 5.69 Å². The van der Waals surface area contributed by atoms with Gasteiger partial charge in [-0.1, -0.05) is 24.3 Å². The molecule has 0 unspecified atom stereocenters. The quantitative estimate of drug-likeness (QED) is 0.463. The van der Waals surface area contributed by atoms with Crippen LogP contribution < -0.4 is 5.32 Å². The Labute approximate surface area is 158 Å². The predicted molar refractivity (Wildman–Crippen MR) is 105 cm³/mol. The maximum absolute atomic E-state index is 11.9. The zero-order valence-electron chi connectivity index (χ0n) is 15.1. The Bertz CT molecular complexity index is 808. The molecule has 2 aromatic carbocycles. The van der Waals surface area contributed by atoms with E-state index in [2.05, 4.69) is 22.3 Å². The lowest BCUT2D eigenvalue weighted by Crippen LogP contribution is -2.20. The molecule has 0 atom stereocenters. The van der Waals surface area contributed by atoms with Crippen LogP contribution in [-0.4, -0.2) is 28.8 Å². The molecule has 1 saturated heterocycles. The molecule has 27 heavy (non-hydrogen) atoms. The number of carbonyl (C=O) groups excluding carboxylic acids is 1. The van der Waals surface area contributed by atoms with Crippen LogP contribution >= 0.6 is 0 Å². The molecule has 0 aliphatic carbocycles. The van der Waals surface area contributed by atoms with Crippen LogP contribution in [-0.2, 0) is 17.9 Å². The molecule has 0 saturated carbocycles. The van der Waals surface area contributed by atoms with E-state index >= 15 is 0 Å². The van der Waals surface area contributed by atoms with Gasteiger partial charge >= 0.3 is 0 Å². The fourth-order valence-electron chi connectivity index (χ4n) is 3.09. The number of nitrogens with zero attached hydrogens (tertiary/aromatic N) is 2. The van der Waals surface area contributed by atoms with E-state index in [0.29, 0.717) is 6.54 Å². The van der Waals surface area contributed by atoms with Crippen LogP contribution in [0.1, 0.15) is 29.5 Å². The molecule has 6 heteroatoms. The Morgan fingerprint density at radius 3 is 2.30 bits per heavy atom. The standard InChI is InChI=1S/C21H23N3O3/c25-21(12-9-17-7-10-20(11-8-17)24(26)27)22-15-18-3-5-19(6-4-18)16-23-13-1-2-14-23/h3-12H,1-2,13-16H2,(H,22,25)/b12-9+. The molecule has 1 fully saturated rings. The average molecular weight is 365 g/mol. The Hall–Kier alpha value is -2.99. The number of nitrogens with one attached hydrogen (secondary N) is 1. The number of hydrogen-bond acceptors (Lipinski definition) is 4. The number of rotatable bonds is 7. The fourth-order valence-corrected chi connectivity index (χ4v) is 3.09. The van der Waals surface area contributed by atoms with Crippen molar-refractivity contribution in [2.24, 2.45) is 0 Å². The van der Waals surface area contributed by atoms with Gasteiger partial charge in [-0.15, -0.1) is 0 Å². The Kier molecular flexibility index (Phi) is 6.33. The van der Waals surface area contributed by atoms with E-state index in [-0.39, 0.29) is 11.6 Å². The third-order valence-corrected chi connectivity index (χ3v) is 4.63. The molecule has 140 valence electrons. The minimum Gasteiger partial charge on any atom is -0.348 e. The molecule has 1 heterocycles. The first-order valence-electron chi connectivity index (χ1n) is 9.11. The van der Waals surface area contributed by atoms with E-state index < -0.39 is 4.92 Å². The third-order valence-electron chi connectivity index (χ3n) is 4.63. The summed E-state index contributed by atoms with van der Waals surface area (Å²) in [6.07, 6.45) is 5.65. The van der Waals surface area contributed by atoms with E-state index in [1.165, 1.54) is 49.7 Å². The summed E-state index contributed by atoms with van der Waals surface area (Å²) in [7, 11) is 0. The molecule has 0 aromatic heterocycles. The number of carbonyl (C=O) groups is 1. The largest absolute Gasteiger partial charge is 0.348 e. The Morgan fingerprint density at radius 2 is 1.67 bits per heavy atom. The number of amides is 1. The molecule has 1 aliphatic heterocycles. The van der Waals surface area contributed by atoms with Crippen molar-refractivity contribution in [1.29, 1.82) is 0 Å². The lowest BCUT2D eigenvalue weighted by atomic mass is 10.1. The van der Waals surface area contributed by atoms with Crippen molar-refractivity contribution >= 4 is 17.7 Å². The minimum absolute atomic E-state index is 0.0322. The van der Waals surface area contributed by atoms with Crippen molar-refractivity contribution in [1.82, 2.24) is 10.2 Å². The molecular formula is C21H23N3O3. The van der Waals surface area contributed by atoms with Gasteiger partial charge in [0.15, 0.2) is 0 Å². The van der Waals surface area contributed by atoms with Gasteiger partial charge in [0.2, 0.25) is 5.91 Å². The van der Waals surface area contributed by atoms with E-state index in [1.54, 1.807) is 18.2 Å². The molecule has 6 nitrogen and oxygen atoms in total. The summed E-state index contributed by atoms with van der Waals surface area (Å²) in [5.41, 5.74) is 3.12. The van der Waals surface area contributed by atoms with Crippen LogP contribution in [0.15, 0.2) is 54.6 Å². The summed E-state index contributed by atoms with van der Waals surface area (Å²) in [4.78, 5) is 24.6. The van der Waals surface area contributed by atoms with Gasteiger partial charge in [-0.3, -0.25) is 19.8 Å². The summed E-state index contributed by atoms with van der Waals surface area (Å²) in [6, 6.07) is 14.4. The molecular weight excluding hydrogens is 342 g/mol. The van der Waals surface area contributed by atoms with Crippen LogP contribution in [0.3, 0.4) is 0 Å². The second kappa shape index (κ2) is 9.09. The number of likely N-dealkylation sites (tertiary alicyclic amines) is 1.